The van der Waals surface area contributed by atoms with Crippen LogP contribution in [-0.2, 0) is 16.1 Å². The van der Waals surface area contributed by atoms with Crippen molar-refractivity contribution in [1.29, 1.82) is 0 Å². The van der Waals surface area contributed by atoms with Crippen molar-refractivity contribution in [3.8, 4) is 0 Å². The number of rotatable bonds is 4. The third kappa shape index (κ3) is 3.61. The molecule has 1 aliphatic heterocycles. The molecule has 1 aliphatic rings. The van der Waals surface area contributed by atoms with Crippen LogP contribution in [0.15, 0.2) is 18.2 Å². The normalized spacial score (nSPS) is 23.0. The summed E-state index contributed by atoms with van der Waals surface area (Å²) in [5.41, 5.74) is 3.57. The second kappa shape index (κ2) is 6.26. The van der Waals surface area contributed by atoms with E-state index in [4.69, 9.17) is 5.11 Å². The zero-order chi connectivity index (χ0) is 15.6. The second-order valence-electron chi connectivity index (χ2n) is 5.83. The van der Waals surface area contributed by atoms with Crippen LogP contribution in [0.2, 0.25) is 0 Å². The van der Waals surface area contributed by atoms with Crippen LogP contribution in [0, 0.1) is 25.7 Å². The minimum atomic E-state index is -1.02. The molecular weight excluding hydrogens is 270 g/mol. The number of carboxylic acid groups (broad SMARTS) is 2. The Kier molecular flexibility index (Phi) is 4.63. The van der Waals surface area contributed by atoms with Crippen LogP contribution in [-0.4, -0.2) is 40.1 Å². The van der Waals surface area contributed by atoms with Gasteiger partial charge in [-0.05, 0) is 43.5 Å². The molecule has 1 fully saturated rings. The lowest BCUT2D eigenvalue weighted by Gasteiger charge is -2.34. The molecule has 0 radical (unpaired) electrons. The molecule has 1 aromatic carbocycles. The van der Waals surface area contributed by atoms with Gasteiger partial charge in [0.05, 0.1) is 11.8 Å². The van der Waals surface area contributed by atoms with Gasteiger partial charge in [-0.15, -0.1) is 0 Å². The number of piperidine rings is 1. The molecule has 0 amide bonds. The summed E-state index contributed by atoms with van der Waals surface area (Å²) in [7, 11) is 0. The van der Waals surface area contributed by atoms with E-state index in [0.717, 1.165) is 5.56 Å². The Bertz CT molecular complexity index is 555. The predicted molar refractivity (Wildman–Crippen MR) is 78.1 cm³/mol. The molecule has 0 bridgehead atoms. The van der Waals surface area contributed by atoms with E-state index < -0.39 is 23.8 Å². The maximum atomic E-state index is 11.3. The summed E-state index contributed by atoms with van der Waals surface area (Å²) in [4.78, 5) is 24.4. The van der Waals surface area contributed by atoms with Crippen LogP contribution in [0.4, 0.5) is 0 Å². The van der Waals surface area contributed by atoms with Crippen molar-refractivity contribution >= 4 is 11.9 Å². The summed E-state index contributed by atoms with van der Waals surface area (Å²) < 4.78 is 0. The minimum Gasteiger partial charge on any atom is -0.481 e. The van der Waals surface area contributed by atoms with Crippen molar-refractivity contribution in [3.05, 3.63) is 34.9 Å². The topological polar surface area (TPSA) is 77.8 Å². The Balaban J connectivity index is 2.07. The van der Waals surface area contributed by atoms with E-state index in [1.807, 2.05) is 11.0 Å². The number of hydrogen-bond acceptors (Lipinski definition) is 3. The smallest absolute Gasteiger partial charge is 0.308 e. The van der Waals surface area contributed by atoms with Crippen molar-refractivity contribution in [2.45, 2.75) is 26.8 Å². The number of carbonyl (C=O) groups is 2. The standard InChI is InChI=1S/C16H21NO4/c1-10-3-4-12(7-11(10)2)8-17-6-5-13(15(18)19)14(9-17)16(20)21/h3-4,7,13-14H,5-6,8-9H2,1-2H3,(H,18,19)(H,20,21). The van der Waals surface area contributed by atoms with Gasteiger partial charge in [0.25, 0.3) is 0 Å². The van der Waals surface area contributed by atoms with Crippen molar-refractivity contribution < 1.29 is 19.8 Å². The van der Waals surface area contributed by atoms with Gasteiger partial charge in [0.2, 0.25) is 0 Å². The zero-order valence-corrected chi connectivity index (χ0v) is 12.4. The number of hydrogen-bond donors (Lipinski definition) is 2. The second-order valence-corrected chi connectivity index (χ2v) is 5.83. The van der Waals surface area contributed by atoms with E-state index in [2.05, 4.69) is 26.0 Å². The first-order valence-corrected chi connectivity index (χ1v) is 7.12. The van der Waals surface area contributed by atoms with Crippen LogP contribution in [0.3, 0.4) is 0 Å². The van der Waals surface area contributed by atoms with Crippen molar-refractivity contribution in [1.82, 2.24) is 4.90 Å². The molecule has 0 spiro atoms. The average molecular weight is 291 g/mol. The number of aryl methyl sites for hydroxylation is 2. The molecule has 0 saturated carbocycles. The Morgan fingerprint density at radius 3 is 2.38 bits per heavy atom. The third-order valence-corrected chi connectivity index (χ3v) is 4.31. The number of likely N-dealkylation sites (tertiary alicyclic amines) is 1. The molecule has 0 aliphatic carbocycles. The molecule has 2 rings (SSSR count). The molecular formula is C16H21NO4. The molecule has 0 aromatic heterocycles. The summed E-state index contributed by atoms with van der Waals surface area (Å²) in [5.74, 6) is -3.64. The molecule has 2 atom stereocenters. The van der Waals surface area contributed by atoms with Gasteiger partial charge in [0.15, 0.2) is 0 Å². The lowest BCUT2D eigenvalue weighted by atomic mass is 9.85. The zero-order valence-electron chi connectivity index (χ0n) is 12.4. The van der Waals surface area contributed by atoms with Crippen LogP contribution >= 0.6 is 0 Å². The third-order valence-electron chi connectivity index (χ3n) is 4.31. The van der Waals surface area contributed by atoms with Crippen LogP contribution < -0.4 is 0 Å². The summed E-state index contributed by atoms with van der Waals surface area (Å²) in [6, 6.07) is 6.21. The molecule has 5 nitrogen and oxygen atoms in total. The fourth-order valence-corrected chi connectivity index (χ4v) is 2.87. The highest BCUT2D eigenvalue weighted by Gasteiger charge is 2.38. The quantitative estimate of drug-likeness (QED) is 0.886. The Hall–Kier alpha value is -1.88. The highest BCUT2D eigenvalue weighted by Crippen LogP contribution is 2.25. The number of carboxylic acids is 2. The summed E-state index contributed by atoms with van der Waals surface area (Å²) in [6.45, 7) is 5.68. The van der Waals surface area contributed by atoms with Gasteiger partial charge in [-0.1, -0.05) is 18.2 Å². The lowest BCUT2D eigenvalue weighted by Crippen LogP contribution is -2.46. The number of benzene rings is 1. The van der Waals surface area contributed by atoms with Gasteiger partial charge in [-0.25, -0.2) is 0 Å². The molecule has 114 valence electrons. The average Bonchev–Trinajstić information content (AvgIpc) is 2.42. The maximum absolute atomic E-state index is 11.3. The lowest BCUT2D eigenvalue weighted by molar-refractivity contribution is -0.157. The van der Waals surface area contributed by atoms with E-state index in [-0.39, 0.29) is 0 Å². The molecule has 2 N–H and O–H groups in total. The predicted octanol–water partition coefficient (Wildman–Crippen LogP) is 1.91. The Morgan fingerprint density at radius 2 is 1.81 bits per heavy atom. The molecule has 1 heterocycles. The monoisotopic (exact) mass is 291 g/mol. The minimum absolute atomic E-state index is 0.291. The van der Waals surface area contributed by atoms with E-state index in [9.17, 15) is 14.7 Å². The first-order chi connectivity index (χ1) is 9.88. The summed E-state index contributed by atoms with van der Waals surface area (Å²) >= 11 is 0. The van der Waals surface area contributed by atoms with E-state index in [0.29, 0.717) is 26.1 Å². The van der Waals surface area contributed by atoms with Crippen molar-refractivity contribution in [2.75, 3.05) is 13.1 Å². The fourth-order valence-electron chi connectivity index (χ4n) is 2.87. The first kappa shape index (κ1) is 15.5. The highest BCUT2D eigenvalue weighted by atomic mass is 16.4. The molecule has 5 heteroatoms. The van der Waals surface area contributed by atoms with Gasteiger partial charge in [-0.2, -0.15) is 0 Å². The highest BCUT2D eigenvalue weighted by molar-refractivity contribution is 5.80. The molecule has 21 heavy (non-hydrogen) atoms. The van der Waals surface area contributed by atoms with Gasteiger partial charge >= 0.3 is 11.9 Å². The first-order valence-electron chi connectivity index (χ1n) is 7.12. The van der Waals surface area contributed by atoms with Gasteiger partial charge < -0.3 is 10.2 Å². The van der Waals surface area contributed by atoms with Crippen molar-refractivity contribution in [2.24, 2.45) is 11.8 Å². The van der Waals surface area contributed by atoms with Gasteiger partial charge in [0.1, 0.15) is 0 Å². The largest absolute Gasteiger partial charge is 0.481 e. The van der Waals surface area contributed by atoms with Crippen LogP contribution in [0.25, 0.3) is 0 Å². The maximum Gasteiger partial charge on any atom is 0.308 e. The van der Waals surface area contributed by atoms with Gasteiger partial charge in [0, 0.05) is 13.1 Å². The SMILES string of the molecule is Cc1ccc(CN2CCC(C(=O)O)C(C(=O)O)C2)cc1C. The van der Waals surface area contributed by atoms with E-state index in [1.165, 1.54) is 11.1 Å². The molecule has 1 saturated heterocycles. The Morgan fingerprint density at radius 1 is 1.14 bits per heavy atom. The van der Waals surface area contributed by atoms with Crippen molar-refractivity contribution in [3.63, 3.8) is 0 Å². The molecule has 1 aromatic rings. The Labute approximate surface area is 124 Å². The summed E-state index contributed by atoms with van der Waals surface area (Å²) in [5, 5.41) is 18.4. The van der Waals surface area contributed by atoms with E-state index >= 15 is 0 Å². The molecule has 2 unspecified atom stereocenters. The number of nitrogens with zero attached hydrogens (tertiary/aromatic N) is 1. The summed E-state index contributed by atoms with van der Waals surface area (Å²) in [6.07, 6.45) is 0.386. The van der Waals surface area contributed by atoms with Crippen LogP contribution in [0.5, 0.6) is 0 Å². The fraction of sp³-hybridized carbons (Fsp3) is 0.500. The van der Waals surface area contributed by atoms with E-state index in [1.54, 1.807) is 0 Å². The van der Waals surface area contributed by atoms with Crippen LogP contribution in [0.1, 0.15) is 23.1 Å². The van der Waals surface area contributed by atoms with Gasteiger partial charge in [-0.3, -0.25) is 14.5 Å². The number of aliphatic carboxylic acids is 2.